The van der Waals surface area contributed by atoms with Crippen molar-refractivity contribution in [1.29, 1.82) is 0 Å². The highest BCUT2D eigenvalue weighted by atomic mass is 19.4. The van der Waals surface area contributed by atoms with Gasteiger partial charge in [0, 0.05) is 12.5 Å². The Morgan fingerprint density at radius 2 is 1.57 bits per heavy atom. The van der Waals surface area contributed by atoms with Crippen LogP contribution in [0.4, 0.5) is 36.4 Å². The van der Waals surface area contributed by atoms with Crippen LogP contribution in [0.3, 0.4) is 0 Å². The second-order valence-electron chi connectivity index (χ2n) is 20.9. The average Bonchev–Trinajstić information content (AvgIpc) is 3.51. The average molecular weight is 869 g/mol. The summed E-state index contributed by atoms with van der Waals surface area (Å²) in [7, 11) is 0. The summed E-state index contributed by atoms with van der Waals surface area (Å²) < 4.78 is 102. The summed E-state index contributed by atoms with van der Waals surface area (Å²) in [5.74, 6) is -7.39. The van der Waals surface area contributed by atoms with E-state index in [1.54, 1.807) is 18.3 Å². The number of fused-ring (bicyclic) bond motifs is 5. The van der Waals surface area contributed by atoms with Crippen LogP contribution >= 0.6 is 0 Å². The lowest BCUT2D eigenvalue weighted by Crippen LogP contribution is -2.51. The van der Waals surface area contributed by atoms with Crippen LogP contribution in [-0.2, 0) is 25.3 Å². The number of ether oxygens (including phenoxy) is 1. The molecule has 1 N–H and O–H groups in total. The zero-order valence-corrected chi connectivity index (χ0v) is 37.7. The maximum atomic E-state index is 14.4. The SMILES string of the molecule is C/C(CC(C)(C)C/C=C/C(=O)O[C@H]1CC[C@@]2(C)C(=CC[C@H]3[C@@H]4CC[C@H]([C@H](C)CCCC(C)C)[C@@]4(C)CC[C@@H]32)C1)=N\OC(C)(C)C(=O)Nc1c(F)c(F)c(C(F)(F)F)c(F)c1F. The number of nitrogens with one attached hydrogen (secondary N) is 1. The number of halogens is 7. The standard InChI is InChI=1S/C48H67F7N2O4/c1-27(2)13-11-14-28(3)33-18-19-34-32-17-16-30-25-31(20-23-46(30,9)35(32)21-24-47(33,34)10)60-36(58)15-12-22-44(5,6)26-29(4)57-61-45(7,8)43(59)56-42-40(51)38(49)37(48(53,54)55)39(50)41(42)52/h12,15-16,27-28,31-35H,11,13-14,17-26H2,1-10H3,(H,56,59)/b15-12+,57-29+/t28-,31+,32+,33-,34+,35+,46+,47-/m1/s1. The van der Waals surface area contributed by atoms with Gasteiger partial charge in [0.05, 0.1) is 5.71 Å². The van der Waals surface area contributed by atoms with Crippen molar-refractivity contribution in [3.8, 4) is 0 Å². The van der Waals surface area contributed by atoms with Crippen LogP contribution in [0, 0.1) is 75.0 Å². The van der Waals surface area contributed by atoms with Gasteiger partial charge in [0.1, 0.15) is 17.4 Å². The minimum atomic E-state index is -5.72. The molecular formula is C48H67F7N2O4. The zero-order valence-electron chi connectivity index (χ0n) is 37.7. The Morgan fingerprint density at radius 3 is 2.20 bits per heavy atom. The van der Waals surface area contributed by atoms with E-state index in [9.17, 15) is 40.3 Å². The topological polar surface area (TPSA) is 77.0 Å². The van der Waals surface area contributed by atoms with E-state index in [0.29, 0.717) is 29.9 Å². The fourth-order valence-corrected chi connectivity index (χ4v) is 11.7. The molecule has 0 bridgehead atoms. The molecule has 0 unspecified atom stereocenters. The second-order valence-corrected chi connectivity index (χ2v) is 20.9. The molecule has 61 heavy (non-hydrogen) atoms. The third kappa shape index (κ3) is 10.5. The minimum Gasteiger partial charge on any atom is -0.459 e. The van der Waals surface area contributed by atoms with Crippen LogP contribution in [0.1, 0.15) is 158 Å². The molecule has 4 aliphatic rings. The van der Waals surface area contributed by atoms with E-state index in [4.69, 9.17) is 9.57 Å². The van der Waals surface area contributed by atoms with E-state index in [2.05, 4.69) is 45.9 Å². The summed E-state index contributed by atoms with van der Waals surface area (Å²) in [5, 5.41) is 5.53. The van der Waals surface area contributed by atoms with Crippen molar-refractivity contribution in [1.82, 2.24) is 0 Å². The van der Waals surface area contributed by atoms with Crippen molar-refractivity contribution in [2.75, 3.05) is 5.32 Å². The van der Waals surface area contributed by atoms with E-state index in [0.717, 1.165) is 69.1 Å². The molecule has 13 heteroatoms. The first kappa shape index (κ1) is 48.6. The van der Waals surface area contributed by atoms with Crippen LogP contribution in [0.2, 0.25) is 0 Å². The first-order valence-corrected chi connectivity index (χ1v) is 22.2. The van der Waals surface area contributed by atoms with E-state index >= 15 is 0 Å². The molecule has 1 amide bonds. The summed E-state index contributed by atoms with van der Waals surface area (Å²) in [4.78, 5) is 31.1. The number of carbonyl (C=O) groups excluding carboxylic acids is 2. The number of allylic oxidation sites excluding steroid dienone is 2. The predicted octanol–water partition coefficient (Wildman–Crippen LogP) is 13.7. The van der Waals surface area contributed by atoms with Gasteiger partial charge < -0.3 is 14.9 Å². The molecule has 0 radical (unpaired) electrons. The van der Waals surface area contributed by atoms with Crippen LogP contribution in [0.25, 0.3) is 0 Å². The lowest BCUT2D eigenvalue weighted by atomic mass is 9.47. The quantitative estimate of drug-likeness (QED) is 0.0362. The molecule has 1 aromatic rings. The maximum absolute atomic E-state index is 14.4. The van der Waals surface area contributed by atoms with Gasteiger partial charge in [-0.2, -0.15) is 13.2 Å². The number of rotatable bonds is 15. The van der Waals surface area contributed by atoms with Crippen LogP contribution in [-0.4, -0.2) is 29.3 Å². The fraction of sp³-hybridized carbons (Fsp3) is 0.729. The number of oxime groups is 1. The number of amides is 1. The fourth-order valence-electron chi connectivity index (χ4n) is 11.7. The first-order chi connectivity index (χ1) is 28.2. The van der Waals surface area contributed by atoms with Crippen LogP contribution in [0.5, 0.6) is 0 Å². The number of hydrogen-bond donors (Lipinski definition) is 1. The molecule has 342 valence electrons. The summed E-state index contributed by atoms with van der Waals surface area (Å²) in [6.45, 7) is 20.0. The molecule has 1 aromatic carbocycles. The highest BCUT2D eigenvalue weighted by molar-refractivity contribution is 5.97. The van der Waals surface area contributed by atoms with Crippen LogP contribution < -0.4 is 5.32 Å². The molecule has 4 aliphatic carbocycles. The second kappa shape index (κ2) is 18.4. The van der Waals surface area contributed by atoms with Gasteiger partial charge in [-0.15, -0.1) is 0 Å². The smallest absolute Gasteiger partial charge is 0.422 e. The number of esters is 1. The van der Waals surface area contributed by atoms with Gasteiger partial charge >= 0.3 is 12.1 Å². The molecule has 8 atom stereocenters. The summed E-state index contributed by atoms with van der Waals surface area (Å²) >= 11 is 0. The van der Waals surface area contributed by atoms with E-state index in [1.807, 2.05) is 13.8 Å². The normalized spacial score (nSPS) is 28.9. The Labute approximate surface area is 357 Å². The zero-order chi connectivity index (χ0) is 45.5. The number of benzene rings is 1. The van der Waals surface area contributed by atoms with Crippen molar-refractivity contribution >= 4 is 23.3 Å². The van der Waals surface area contributed by atoms with Crippen molar-refractivity contribution < 1.29 is 49.9 Å². The number of carbonyl (C=O) groups is 2. The summed E-state index contributed by atoms with van der Waals surface area (Å²) in [5.41, 5.74) is -4.45. The number of hydrogen-bond acceptors (Lipinski definition) is 5. The Bertz CT molecular complexity index is 1860. The molecule has 0 saturated heterocycles. The Hall–Kier alpha value is -3.38. The number of nitrogens with zero attached hydrogens (tertiary/aromatic N) is 1. The predicted molar refractivity (Wildman–Crippen MR) is 223 cm³/mol. The molecule has 3 fully saturated rings. The van der Waals surface area contributed by atoms with Crippen LogP contribution in [0.15, 0.2) is 29.0 Å². The minimum absolute atomic E-state index is 0.150. The Morgan fingerprint density at radius 1 is 0.918 bits per heavy atom. The van der Waals surface area contributed by atoms with Crippen molar-refractivity contribution in [2.24, 2.45) is 56.9 Å². The third-order valence-corrected chi connectivity index (χ3v) is 15.0. The molecule has 0 heterocycles. The first-order valence-electron chi connectivity index (χ1n) is 22.2. The molecule has 0 aliphatic heterocycles. The lowest BCUT2D eigenvalue weighted by molar-refractivity contribution is -0.145. The monoisotopic (exact) mass is 868 g/mol. The molecule has 0 spiro atoms. The van der Waals surface area contributed by atoms with Gasteiger partial charge in [0.15, 0.2) is 23.3 Å². The summed E-state index contributed by atoms with van der Waals surface area (Å²) in [6, 6.07) is 0. The number of alkyl halides is 3. The molecule has 0 aromatic heterocycles. The largest absolute Gasteiger partial charge is 0.459 e. The lowest BCUT2D eigenvalue weighted by Gasteiger charge is -2.58. The summed E-state index contributed by atoms with van der Waals surface area (Å²) in [6.07, 6.45) is 13.7. The van der Waals surface area contributed by atoms with Gasteiger partial charge in [-0.3, -0.25) is 4.79 Å². The van der Waals surface area contributed by atoms with Crippen molar-refractivity contribution in [3.05, 3.63) is 52.6 Å². The van der Waals surface area contributed by atoms with Gasteiger partial charge in [0.25, 0.3) is 5.91 Å². The molecular weight excluding hydrogens is 802 g/mol. The maximum Gasteiger partial charge on any atom is 0.422 e. The van der Waals surface area contributed by atoms with E-state index < -0.39 is 63.6 Å². The van der Waals surface area contributed by atoms with Gasteiger partial charge in [-0.25, -0.2) is 22.4 Å². The highest BCUT2D eigenvalue weighted by Gasteiger charge is 2.59. The van der Waals surface area contributed by atoms with E-state index in [1.165, 1.54) is 56.6 Å². The molecule has 5 rings (SSSR count). The Kier molecular flexibility index (Phi) is 14.7. The Balaban J connectivity index is 1.11. The van der Waals surface area contributed by atoms with Gasteiger partial charge in [-0.05, 0) is 130 Å². The van der Waals surface area contributed by atoms with E-state index in [-0.39, 0.29) is 11.5 Å². The van der Waals surface area contributed by atoms with Gasteiger partial charge in [0.2, 0.25) is 5.60 Å². The third-order valence-electron chi connectivity index (χ3n) is 15.0. The van der Waals surface area contributed by atoms with Crippen molar-refractivity contribution in [3.63, 3.8) is 0 Å². The van der Waals surface area contributed by atoms with Crippen molar-refractivity contribution in [2.45, 2.75) is 171 Å². The molecule has 6 nitrogen and oxygen atoms in total. The van der Waals surface area contributed by atoms with Gasteiger partial charge in [-0.1, -0.05) is 90.6 Å². The molecule has 3 saturated carbocycles. The highest BCUT2D eigenvalue weighted by Crippen LogP contribution is 2.67. The number of anilines is 1.